The summed E-state index contributed by atoms with van der Waals surface area (Å²) in [7, 11) is 0. The van der Waals surface area contributed by atoms with Crippen molar-refractivity contribution in [2.45, 2.75) is 4.90 Å². The first-order chi connectivity index (χ1) is 15.0. The average molecular weight is 434 g/mol. The van der Waals surface area contributed by atoms with Crippen molar-refractivity contribution in [3.05, 3.63) is 72.4 Å². The van der Waals surface area contributed by atoms with E-state index in [0.717, 1.165) is 10.6 Å². The van der Waals surface area contributed by atoms with Crippen molar-refractivity contribution >= 4 is 40.9 Å². The molecule has 2 aromatic carbocycles. The van der Waals surface area contributed by atoms with Gasteiger partial charge in [-0.3, -0.25) is 14.4 Å². The van der Waals surface area contributed by atoms with Crippen LogP contribution in [0.3, 0.4) is 0 Å². The van der Waals surface area contributed by atoms with Gasteiger partial charge in [0.05, 0.1) is 23.3 Å². The van der Waals surface area contributed by atoms with Gasteiger partial charge in [0.25, 0.3) is 0 Å². The van der Waals surface area contributed by atoms with E-state index >= 15 is 0 Å². The highest BCUT2D eigenvalue weighted by atomic mass is 32.2. The number of fused-ring (bicyclic) bond motifs is 1. The number of pyridine rings is 1. The van der Waals surface area contributed by atoms with Crippen molar-refractivity contribution in [2.24, 2.45) is 5.73 Å². The molecular formula is C22H18N4O4S. The minimum absolute atomic E-state index is 0.0887. The summed E-state index contributed by atoms with van der Waals surface area (Å²) in [5.74, 6) is 0.00968. The summed E-state index contributed by atoms with van der Waals surface area (Å²) in [6, 6.07) is 17.2. The van der Waals surface area contributed by atoms with Crippen molar-refractivity contribution in [1.82, 2.24) is 4.98 Å². The minimum atomic E-state index is -0.551. The molecule has 2 heterocycles. The molecule has 4 rings (SSSR count). The van der Waals surface area contributed by atoms with Crippen LogP contribution in [0.2, 0.25) is 0 Å². The number of nitrogens with zero attached hydrogens (tertiary/aromatic N) is 2. The summed E-state index contributed by atoms with van der Waals surface area (Å²) >= 11 is 1.46. The molecule has 0 atom stereocenters. The van der Waals surface area contributed by atoms with Gasteiger partial charge in [-0.2, -0.15) is 0 Å². The Balaban J connectivity index is 1.39. The van der Waals surface area contributed by atoms with Gasteiger partial charge in [0, 0.05) is 16.5 Å². The molecule has 1 aromatic heterocycles. The fourth-order valence-electron chi connectivity index (χ4n) is 3.02. The molecule has 9 heteroatoms. The highest BCUT2D eigenvalue weighted by Gasteiger charge is 2.26. The zero-order valence-electron chi connectivity index (χ0n) is 16.3. The van der Waals surface area contributed by atoms with Crippen LogP contribution in [0, 0.1) is 0 Å². The van der Waals surface area contributed by atoms with E-state index in [4.69, 9.17) is 10.5 Å². The van der Waals surface area contributed by atoms with Crippen LogP contribution in [0.15, 0.2) is 71.8 Å². The Morgan fingerprint density at radius 2 is 1.97 bits per heavy atom. The molecule has 3 amide bonds. The minimum Gasteiger partial charge on any atom is -0.439 e. The van der Waals surface area contributed by atoms with Crippen molar-refractivity contribution in [1.29, 1.82) is 0 Å². The molecule has 3 N–H and O–H groups in total. The second kappa shape index (κ2) is 8.88. The molecule has 0 saturated carbocycles. The summed E-state index contributed by atoms with van der Waals surface area (Å²) in [6.45, 7) is -0.0887. The third-order valence-corrected chi connectivity index (χ3v) is 5.52. The van der Waals surface area contributed by atoms with Crippen LogP contribution in [0.1, 0.15) is 10.4 Å². The number of carbonyl (C=O) groups is 3. The topological polar surface area (TPSA) is 115 Å². The SMILES string of the molecule is NC(=O)c1cccc(Oc2ccc(NC(=O)CN3C(=O)CSc4ccccc43)cn2)c1. The number of aromatic nitrogens is 1. The van der Waals surface area contributed by atoms with Crippen LogP contribution < -0.4 is 20.7 Å². The number of amides is 3. The third-order valence-electron chi connectivity index (χ3n) is 4.47. The van der Waals surface area contributed by atoms with Gasteiger partial charge < -0.3 is 20.7 Å². The van der Waals surface area contributed by atoms with Crippen LogP contribution in [0.5, 0.6) is 11.6 Å². The molecule has 1 aliphatic heterocycles. The van der Waals surface area contributed by atoms with Crippen LogP contribution in [-0.4, -0.2) is 35.0 Å². The highest BCUT2D eigenvalue weighted by Crippen LogP contribution is 2.34. The van der Waals surface area contributed by atoms with E-state index in [2.05, 4.69) is 10.3 Å². The highest BCUT2D eigenvalue weighted by molar-refractivity contribution is 8.00. The number of thioether (sulfide) groups is 1. The maximum Gasteiger partial charge on any atom is 0.248 e. The maximum atomic E-state index is 12.5. The third kappa shape index (κ3) is 4.84. The smallest absolute Gasteiger partial charge is 0.248 e. The summed E-state index contributed by atoms with van der Waals surface area (Å²) in [4.78, 5) is 42.7. The molecule has 3 aromatic rings. The first-order valence-corrected chi connectivity index (χ1v) is 10.3. The number of nitrogens with two attached hydrogens (primary N) is 1. The molecule has 0 spiro atoms. The Labute approximate surface area is 182 Å². The number of anilines is 2. The van der Waals surface area contributed by atoms with Crippen LogP contribution in [-0.2, 0) is 9.59 Å². The Morgan fingerprint density at radius 1 is 1.13 bits per heavy atom. The Hall–Kier alpha value is -3.85. The lowest BCUT2D eigenvalue weighted by Gasteiger charge is -2.28. The van der Waals surface area contributed by atoms with Crippen LogP contribution in [0.4, 0.5) is 11.4 Å². The number of hydrogen-bond donors (Lipinski definition) is 2. The van der Waals surface area contributed by atoms with Gasteiger partial charge >= 0.3 is 0 Å². The second-order valence-electron chi connectivity index (χ2n) is 6.66. The van der Waals surface area contributed by atoms with Crippen molar-refractivity contribution in [3.63, 3.8) is 0 Å². The molecule has 0 aliphatic carbocycles. The van der Waals surface area contributed by atoms with Crippen LogP contribution >= 0.6 is 11.8 Å². The van der Waals surface area contributed by atoms with Crippen molar-refractivity contribution in [2.75, 3.05) is 22.5 Å². The molecular weight excluding hydrogens is 416 g/mol. The zero-order valence-corrected chi connectivity index (χ0v) is 17.1. The first kappa shape index (κ1) is 20.4. The van der Waals surface area contributed by atoms with Gasteiger partial charge in [-0.15, -0.1) is 11.8 Å². The van der Waals surface area contributed by atoms with E-state index < -0.39 is 5.91 Å². The summed E-state index contributed by atoms with van der Waals surface area (Å²) in [6.07, 6.45) is 1.45. The standard InChI is InChI=1S/C22H18N4O4S/c23-22(29)14-4-3-5-16(10-14)30-20-9-8-15(11-24-20)25-19(27)12-26-17-6-1-2-7-18(17)31-13-21(26)28/h1-11H,12-13H2,(H2,23,29)(H,25,27). The summed E-state index contributed by atoms with van der Waals surface area (Å²) in [5, 5.41) is 2.74. The predicted molar refractivity (Wildman–Crippen MR) is 117 cm³/mol. The van der Waals surface area contributed by atoms with Gasteiger partial charge in [0.2, 0.25) is 23.6 Å². The monoisotopic (exact) mass is 434 g/mol. The van der Waals surface area contributed by atoms with Crippen molar-refractivity contribution in [3.8, 4) is 11.6 Å². The molecule has 0 saturated heterocycles. The number of carbonyl (C=O) groups excluding carboxylic acids is 3. The number of primary amides is 1. The van der Waals surface area contributed by atoms with Crippen molar-refractivity contribution < 1.29 is 19.1 Å². The predicted octanol–water partition coefficient (Wildman–Crippen LogP) is 3.05. The van der Waals surface area contributed by atoms with E-state index in [-0.39, 0.29) is 24.2 Å². The lowest BCUT2D eigenvalue weighted by Crippen LogP contribution is -2.41. The molecule has 0 radical (unpaired) electrons. The molecule has 1 aliphatic rings. The molecule has 0 bridgehead atoms. The normalized spacial score (nSPS) is 12.8. The maximum absolute atomic E-state index is 12.5. The fourth-order valence-corrected chi connectivity index (χ4v) is 3.96. The summed E-state index contributed by atoms with van der Waals surface area (Å²) in [5.41, 5.74) is 6.80. The molecule has 31 heavy (non-hydrogen) atoms. The number of nitrogens with one attached hydrogen (secondary N) is 1. The summed E-state index contributed by atoms with van der Waals surface area (Å²) < 4.78 is 5.62. The van der Waals surface area contributed by atoms with Gasteiger partial charge in [0.15, 0.2) is 0 Å². The Bertz CT molecular complexity index is 1150. The van der Waals surface area contributed by atoms with Gasteiger partial charge in [-0.1, -0.05) is 18.2 Å². The number of benzene rings is 2. The fraction of sp³-hybridized carbons (Fsp3) is 0.0909. The van der Waals surface area contributed by atoms with E-state index in [9.17, 15) is 14.4 Å². The second-order valence-corrected chi connectivity index (χ2v) is 7.68. The van der Waals surface area contributed by atoms with Gasteiger partial charge in [-0.25, -0.2) is 4.98 Å². The van der Waals surface area contributed by atoms with E-state index in [1.165, 1.54) is 28.9 Å². The number of rotatable bonds is 6. The quantitative estimate of drug-likeness (QED) is 0.616. The molecule has 0 unspecified atom stereocenters. The van der Waals surface area contributed by atoms with E-state index in [1.54, 1.807) is 30.3 Å². The number of hydrogen-bond acceptors (Lipinski definition) is 6. The Kier molecular flexibility index (Phi) is 5.85. The molecule has 156 valence electrons. The zero-order chi connectivity index (χ0) is 21.8. The number of para-hydroxylation sites is 1. The lowest BCUT2D eigenvalue weighted by atomic mass is 10.2. The van der Waals surface area contributed by atoms with Gasteiger partial charge in [-0.05, 0) is 36.4 Å². The Morgan fingerprint density at radius 3 is 2.74 bits per heavy atom. The first-order valence-electron chi connectivity index (χ1n) is 9.35. The van der Waals surface area contributed by atoms with Crippen LogP contribution in [0.25, 0.3) is 0 Å². The largest absolute Gasteiger partial charge is 0.439 e. The van der Waals surface area contributed by atoms with E-state index in [0.29, 0.717) is 22.8 Å². The lowest BCUT2D eigenvalue weighted by molar-refractivity contribution is -0.120. The van der Waals surface area contributed by atoms with Gasteiger partial charge in [0.1, 0.15) is 12.3 Å². The van der Waals surface area contributed by atoms with E-state index in [1.807, 2.05) is 24.3 Å². The number of ether oxygens (including phenoxy) is 1. The molecule has 8 nitrogen and oxygen atoms in total. The average Bonchev–Trinajstić information content (AvgIpc) is 2.77. The molecule has 0 fully saturated rings.